The van der Waals surface area contributed by atoms with Gasteiger partial charge in [0.2, 0.25) is 23.6 Å². The zero-order valence-electron chi connectivity index (χ0n) is 21.2. The molecule has 0 aromatic heterocycles. The van der Waals surface area contributed by atoms with Gasteiger partial charge in [-0.1, -0.05) is 42.5 Å². The lowest BCUT2D eigenvalue weighted by Crippen LogP contribution is -2.57. The highest BCUT2D eigenvalue weighted by Gasteiger charge is 2.29. The van der Waals surface area contributed by atoms with E-state index in [1.54, 1.807) is 12.1 Å². The molecule has 0 aliphatic rings. The number of primary amides is 1. The number of carbonyl (C=O) groups excluding carboxylic acids is 4. The number of phenols is 1. The van der Waals surface area contributed by atoms with Gasteiger partial charge in [0.05, 0.1) is 0 Å². The fourth-order valence-corrected chi connectivity index (χ4v) is 3.71. The second-order valence-corrected chi connectivity index (χ2v) is 8.79. The summed E-state index contributed by atoms with van der Waals surface area (Å²) in [6.45, 7) is 1.51. The van der Waals surface area contributed by atoms with E-state index in [9.17, 15) is 24.3 Å². The molecule has 12 heteroatoms. The third kappa shape index (κ3) is 10.6. The fraction of sp³-hybridized carbons (Fsp3) is 0.346. The van der Waals surface area contributed by atoms with Gasteiger partial charge >= 0.3 is 0 Å². The minimum absolute atomic E-state index is 0.0567. The van der Waals surface area contributed by atoms with E-state index >= 15 is 0 Å². The molecule has 0 saturated heterocycles. The predicted octanol–water partition coefficient (Wildman–Crippen LogP) is -0.809. The van der Waals surface area contributed by atoms with Crippen molar-refractivity contribution in [2.24, 2.45) is 22.2 Å². The Labute approximate surface area is 221 Å². The van der Waals surface area contributed by atoms with Gasteiger partial charge in [-0.25, -0.2) is 0 Å². The van der Waals surface area contributed by atoms with E-state index in [0.717, 1.165) is 5.56 Å². The average molecular weight is 526 g/mol. The quantitative estimate of drug-likeness (QED) is 0.0945. The number of nitrogens with one attached hydrogen (secondary N) is 3. The number of amides is 4. The minimum Gasteiger partial charge on any atom is -0.508 e. The lowest BCUT2D eigenvalue weighted by Gasteiger charge is -2.25. The normalized spacial score (nSPS) is 12.9. The Kier molecular flexibility index (Phi) is 11.6. The molecule has 2 rings (SSSR count). The maximum atomic E-state index is 13.2. The number of benzene rings is 2. The van der Waals surface area contributed by atoms with Crippen molar-refractivity contribution in [1.82, 2.24) is 16.0 Å². The van der Waals surface area contributed by atoms with Crippen molar-refractivity contribution >= 4 is 29.6 Å². The van der Waals surface area contributed by atoms with Crippen molar-refractivity contribution in [3.05, 3.63) is 65.7 Å². The molecule has 2 aromatic rings. The second kappa shape index (κ2) is 14.8. The Bertz CT molecular complexity index is 1120. The van der Waals surface area contributed by atoms with Crippen LogP contribution in [0.1, 0.15) is 30.9 Å². The molecule has 204 valence electrons. The van der Waals surface area contributed by atoms with Crippen molar-refractivity contribution in [3.63, 3.8) is 0 Å². The molecule has 0 aliphatic heterocycles. The average Bonchev–Trinajstić information content (AvgIpc) is 2.86. The molecule has 0 radical (unpaired) electrons. The molecule has 3 unspecified atom stereocenters. The van der Waals surface area contributed by atoms with E-state index in [2.05, 4.69) is 20.9 Å². The number of carbonyl (C=O) groups is 4. The molecule has 0 bridgehead atoms. The maximum Gasteiger partial charge on any atom is 0.243 e. The van der Waals surface area contributed by atoms with Crippen LogP contribution in [0.2, 0.25) is 0 Å². The van der Waals surface area contributed by atoms with E-state index in [0.29, 0.717) is 12.0 Å². The number of guanidine groups is 1. The number of nitrogens with zero attached hydrogens (tertiary/aromatic N) is 1. The number of phenolic OH excluding ortho intramolecular Hbond substituents is 1. The van der Waals surface area contributed by atoms with Crippen LogP contribution in [0.15, 0.2) is 59.6 Å². The summed E-state index contributed by atoms with van der Waals surface area (Å²) in [5, 5.41) is 17.4. The Balaban J connectivity index is 2.19. The van der Waals surface area contributed by atoms with Gasteiger partial charge < -0.3 is 38.3 Å². The minimum atomic E-state index is -1.07. The summed E-state index contributed by atoms with van der Waals surface area (Å²) in [5.74, 6) is -2.42. The molecule has 0 aliphatic carbocycles. The largest absolute Gasteiger partial charge is 0.508 e. The lowest BCUT2D eigenvalue weighted by molar-refractivity contribution is -0.133. The highest BCUT2D eigenvalue weighted by molar-refractivity contribution is 5.94. The Morgan fingerprint density at radius 2 is 1.34 bits per heavy atom. The number of rotatable bonds is 14. The van der Waals surface area contributed by atoms with E-state index in [4.69, 9.17) is 17.2 Å². The van der Waals surface area contributed by atoms with Crippen molar-refractivity contribution < 1.29 is 24.3 Å². The Hall–Kier alpha value is -4.61. The Morgan fingerprint density at radius 3 is 1.92 bits per heavy atom. The van der Waals surface area contributed by atoms with Gasteiger partial charge in [0, 0.05) is 26.3 Å². The molecule has 0 spiro atoms. The van der Waals surface area contributed by atoms with Crippen molar-refractivity contribution in [2.45, 2.75) is 50.7 Å². The summed E-state index contributed by atoms with van der Waals surface area (Å²) >= 11 is 0. The number of hydrogen-bond donors (Lipinski definition) is 7. The van der Waals surface area contributed by atoms with E-state index in [-0.39, 0.29) is 37.5 Å². The van der Waals surface area contributed by atoms with Crippen LogP contribution in [0.3, 0.4) is 0 Å². The van der Waals surface area contributed by atoms with Crippen molar-refractivity contribution in [3.8, 4) is 5.75 Å². The van der Waals surface area contributed by atoms with Gasteiger partial charge in [0.1, 0.15) is 23.9 Å². The molecule has 0 heterocycles. The standard InChI is InChI=1S/C26H35N7O5/c1-16(34)31-22(15-17-6-3-2-4-7-17)25(38)32-20(8-5-13-30-26(28)29)24(37)33-21(23(27)36)14-18-9-11-19(35)12-10-18/h2-4,6-7,9-12,20-22,35H,5,8,13-15H2,1H3,(H2,27,36)(H,31,34)(H,32,38)(H,33,37)(H4,28,29,30). The van der Waals surface area contributed by atoms with Crippen LogP contribution < -0.4 is 33.2 Å². The maximum absolute atomic E-state index is 13.2. The monoisotopic (exact) mass is 525 g/mol. The summed E-state index contributed by atoms with van der Waals surface area (Å²) < 4.78 is 0. The van der Waals surface area contributed by atoms with Crippen LogP contribution in [0, 0.1) is 0 Å². The number of aliphatic imine (C=N–C) groups is 1. The highest BCUT2D eigenvalue weighted by atomic mass is 16.3. The zero-order valence-corrected chi connectivity index (χ0v) is 21.2. The van der Waals surface area contributed by atoms with Crippen LogP contribution in [0.5, 0.6) is 5.75 Å². The highest BCUT2D eigenvalue weighted by Crippen LogP contribution is 2.12. The molecule has 12 nitrogen and oxygen atoms in total. The SMILES string of the molecule is CC(=O)NC(Cc1ccccc1)C(=O)NC(CCCN=C(N)N)C(=O)NC(Cc1ccc(O)cc1)C(N)=O. The van der Waals surface area contributed by atoms with Crippen LogP contribution in [-0.4, -0.2) is 59.4 Å². The first-order valence-electron chi connectivity index (χ1n) is 12.1. The number of aromatic hydroxyl groups is 1. The number of nitrogens with two attached hydrogens (primary N) is 3. The molecule has 10 N–H and O–H groups in total. The van der Waals surface area contributed by atoms with Gasteiger partial charge in [0.15, 0.2) is 5.96 Å². The van der Waals surface area contributed by atoms with Crippen molar-refractivity contribution in [1.29, 1.82) is 0 Å². The smallest absolute Gasteiger partial charge is 0.243 e. The summed E-state index contributed by atoms with van der Waals surface area (Å²) in [5.41, 5.74) is 17.7. The number of hydrogen-bond acceptors (Lipinski definition) is 6. The van der Waals surface area contributed by atoms with Crippen LogP contribution in [0.4, 0.5) is 0 Å². The third-order valence-electron chi connectivity index (χ3n) is 5.59. The molecule has 0 saturated carbocycles. The first kappa shape index (κ1) is 29.6. The molecular formula is C26H35N7O5. The molecule has 3 atom stereocenters. The van der Waals surface area contributed by atoms with Gasteiger partial charge in [0.25, 0.3) is 0 Å². The third-order valence-corrected chi connectivity index (χ3v) is 5.59. The van der Waals surface area contributed by atoms with Crippen LogP contribution in [-0.2, 0) is 32.0 Å². The zero-order chi connectivity index (χ0) is 28.1. The molecule has 0 fully saturated rings. The van der Waals surface area contributed by atoms with E-state index in [1.165, 1.54) is 19.1 Å². The van der Waals surface area contributed by atoms with Gasteiger partial charge in [-0.15, -0.1) is 0 Å². The second-order valence-electron chi connectivity index (χ2n) is 8.79. The molecular weight excluding hydrogens is 490 g/mol. The van der Waals surface area contributed by atoms with Gasteiger partial charge in [-0.3, -0.25) is 24.2 Å². The summed E-state index contributed by atoms with van der Waals surface area (Å²) in [7, 11) is 0. The predicted molar refractivity (Wildman–Crippen MR) is 143 cm³/mol. The summed E-state index contributed by atoms with van der Waals surface area (Å²) in [6.07, 6.45) is 0.786. The first-order chi connectivity index (χ1) is 18.0. The topological polar surface area (TPSA) is 215 Å². The fourth-order valence-electron chi connectivity index (χ4n) is 3.71. The van der Waals surface area contributed by atoms with Crippen LogP contribution in [0.25, 0.3) is 0 Å². The summed E-state index contributed by atoms with van der Waals surface area (Å²) in [6, 6.07) is 12.2. The van der Waals surface area contributed by atoms with E-state index < -0.39 is 41.8 Å². The molecule has 38 heavy (non-hydrogen) atoms. The van der Waals surface area contributed by atoms with Gasteiger partial charge in [-0.2, -0.15) is 0 Å². The molecule has 4 amide bonds. The van der Waals surface area contributed by atoms with Gasteiger partial charge in [-0.05, 0) is 36.1 Å². The summed E-state index contributed by atoms with van der Waals surface area (Å²) in [4.78, 5) is 54.2. The van der Waals surface area contributed by atoms with Crippen LogP contribution >= 0.6 is 0 Å². The van der Waals surface area contributed by atoms with Crippen molar-refractivity contribution in [2.75, 3.05) is 6.54 Å². The molecule has 2 aromatic carbocycles. The first-order valence-corrected chi connectivity index (χ1v) is 12.1. The van der Waals surface area contributed by atoms with E-state index in [1.807, 2.05) is 30.3 Å². The lowest BCUT2D eigenvalue weighted by atomic mass is 10.0. The Morgan fingerprint density at radius 1 is 0.789 bits per heavy atom.